The van der Waals surface area contributed by atoms with Crippen LogP contribution >= 0.6 is 0 Å². The lowest BCUT2D eigenvalue weighted by Crippen LogP contribution is -2.26. The fourth-order valence-corrected chi connectivity index (χ4v) is 2.48. The lowest BCUT2D eigenvalue weighted by Gasteiger charge is -2.17. The highest BCUT2D eigenvalue weighted by atomic mass is 16.5. The van der Waals surface area contributed by atoms with E-state index >= 15 is 0 Å². The number of benzene rings is 1. The van der Waals surface area contributed by atoms with Crippen molar-refractivity contribution in [1.82, 2.24) is 0 Å². The van der Waals surface area contributed by atoms with E-state index in [1.165, 1.54) is 7.11 Å². The molecule has 1 aromatic carbocycles. The Morgan fingerprint density at radius 1 is 1.41 bits per heavy atom. The van der Waals surface area contributed by atoms with Crippen molar-refractivity contribution in [2.75, 3.05) is 23.9 Å². The fourth-order valence-electron chi connectivity index (χ4n) is 2.48. The Morgan fingerprint density at radius 3 is 2.86 bits per heavy atom. The summed E-state index contributed by atoms with van der Waals surface area (Å²) >= 11 is 0. The summed E-state index contributed by atoms with van der Waals surface area (Å²) in [6, 6.07) is 7.07. The van der Waals surface area contributed by atoms with Gasteiger partial charge in [-0.2, -0.15) is 0 Å². The zero-order valence-corrected chi connectivity index (χ0v) is 12.8. The van der Waals surface area contributed by atoms with Gasteiger partial charge in [0.1, 0.15) is 0 Å². The number of rotatable bonds is 5. The Morgan fingerprint density at radius 2 is 2.18 bits per heavy atom. The van der Waals surface area contributed by atoms with Crippen molar-refractivity contribution < 1.29 is 19.1 Å². The molecule has 0 aromatic heterocycles. The van der Waals surface area contributed by atoms with Crippen LogP contribution in [0.3, 0.4) is 0 Å². The Balaban J connectivity index is 2.11. The van der Waals surface area contributed by atoms with Crippen LogP contribution < -0.4 is 10.2 Å². The molecule has 0 bridgehead atoms. The minimum absolute atomic E-state index is 0.0557. The lowest BCUT2D eigenvalue weighted by molar-refractivity contribution is -0.145. The van der Waals surface area contributed by atoms with Gasteiger partial charge in [-0.05, 0) is 24.6 Å². The molecule has 1 aromatic rings. The molecule has 6 nitrogen and oxygen atoms in total. The van der Waals surface area contributed by atoms with E-state index in [0.29, 0.717) is 24.3 Å². The van der Waals surface area contributed by atoms with E-state index in [-0.39, 0.29) is 24.2 Å². The second kappa shape index (κ2) is 7.06. The minimum atomic E-state index is -0.434. The van der Waals surface area contributed by atoms with Gasteiger partial charge < -0.3 is 15.0 Å². The van der Waals surface area contributed by atoms with Gasteiger partial charge >= 0.3 is 5.97 Å². The largest absolute Gasteiger partial charge is 0.469 e. The number of ether oxygens (including phenoxy) is 1. The molecule has 118 valence electrons. The Labute approximate surface area is 129 Å². The third-order valence-corrected chi connectivity index (χ3v) is 3.58. The van der Waals surface area contributed by atoms with Gasteiger partial charge in [-0.25, -0.2) is 0 Å². The Bertz CT molecular complexity index is 585. The second-order valence-corrected chi connectivity index (χ2v) is 5.28. The summed E-state index contributed by atoms with van der Waals surface area (Å²) in [5, 5.41) is 2.80. The molecule has 0 radical (unpaired) electrons. The van der Waals surface area contributed by atoms with Crippen LogP contribution in [0.25, 0.3) is 0 Å². The van der Waals surface area contributed by atoms with E-state index in [0.717, 1.165) is 6.42 Å². The predicted octanol–water partition coefficient (Wildman–Crippen LogP) is 1.95. The first kappa shape index (κ1) is 16.0. The Kier molecular flexibility index (Phi) is 5.14. The first-order valence-corrected chi connectivity index (χ1v) is 7.33. The maximum absolute atomic E-state index is 12.1. The standard InChI is InChI=1S/C16H20N2O4/c1-3-5-14(19)17-12-6-4-7-13(9-12)18-10-11(8-15(18)20)16(21)22-2/h4,6-7,9,11H,3,5,8,10H2,1-2H3,(H,17,19)/t11-/m0/s1. The maximum Gasteiger partial charge on any atom is 0.311 e. The number of nitrogens with zero attached hydrogens (tertiary/aromatic N) is 1. The van der Waals surface area contributed by atoms with Crippen LogP contribution in [0, 0.1) is 5.92 Å². The number of hydrogen-bond acceptors (Lipinski definition) is 4. The molecule has 0 saturated carbocycles. The van der Waals surface area contributed by atoms with E-state index in [1.807, 2.05) is 6.92 Å². The van der Waals surface area contributed by atoms with Crippen LogP contribution in [-0.2, 0) is 19.1 Å². The van der Waals surface area contributed by atoms with Gasteiger partial charge in [-0.3, -0.25) is 14.4 Å². The summed E-state index contributed by atoms with van der Waals surface area (Å²) in [6.07, 6.45) is 1.38. The number of carbonyl (C=O) groups is 3. The molecule has 0 aliphatic carbocycles. The number of carbonyl (C=O) groups excluding carboxylic acids is 3. The number of amides is 2. The fraction of sp³-hybridized carbons (Fsp3) is 0.438. The molecule has 1 atom stereocenters. The molecule has 0 spiro atoms. The topological polar surface area (TPSA) is 75.7 Å². The van der Waals surface area contributed by atoms with Crippen LogP contribution in [0.1, 0.15) is 26.2 Å². The predicted molar refractivity (Wildman–Crippen MR) is 82.5 cm³/mol. The number of hydrogen-bond donors (Lipinski definition) is 1. The lowest BCUT2D eigenvalue weighted by atomic mass is 10.1. The number of nitrogens with one attached hydrogen (secondary N) is 1. The van der Waals surface area contributed by atoms with Crippen LogP contribution in [0.4, 0.5) is 11.4 Å². The molecule has 22 heavy (non-hydrogen) atoms. The molecule has 2 amide bonds. The van der Waals surface area contributed by atoms with Crippen LogP contribution in [0.15, 0.2) is 24.3 Å². The maximum atomic E-state index is 12.1. The van der Waals surface area contributed by atoms with Crippen molar-refractivity contribution in [2.24, 2.45) is 5.92 Å². The van der Waals surface area contributed by atoms with Gasteiger partial charge in [-0.1, -0.05) is 13.0 Å². The van der Waals surface area contributed by atoms with Crippen molar-refractivity contribution in [3.63, 3.8) is 0 Å². The van der Waals surface area contributed by atoms with Gasteiger partial charge in [0.05, 0.1) is 13.0 Å². The van der Waals surface area contributed by atoms with E-state index < -0.39 is 5.92 Å². The average molecular weight is 304 g/mol. The highest BCUT2D eigenvalue weighted by molar-refractivity contribution is 6.00. The third kappa shape index (κ3) is 3.63. The van der Waals surface area contributed by atoms with Gasteiger partial charge in [0.25, 0.3) is 0 Å². The van der Waals surface area contributed by atoms with Crippen LogP contribution in [-0.4, -0.2) is 31.4 Å². The number of methoxy groups -OCH3 is 1. The van der Waals surface area contributed by atoms with Crippen molar-refractivity contribution in [3.8, 4) is 0 Å². The highest BCUT2D eigenvalue weighted by Gasteiger charge is 2.35. The monoisotopic (exact) mass is 304 g/mol. The quantitative estimate of drug-likeness (QED) is 0.844. The SMILES string of the molecule is CCCC(=O)Nc1cccc(N2C[C@@H](C(=O)OC)CC2=O)c1. The third-order valence-electron chi connectivity index (χ3n) is 3.58. The summed E-state index contributed by atoms with van der Waals surface area (Å²) in [7, 11) is 1.32. The molecular formula is C16H20N2O4. The number of anilines is 2. The molecule has 1 aliphatic heterocycles. The zero-order valence-electron chi connectivity index (χ0n) is 12.8. The summed E-state index contributed by atoms with van der Waals surface area (Å²) < 4.78 is 4.70. The molecular weight excluding hydrogens is 284 g/mol. The summed E-state index contributed by atoms with van der Waals surface area (Å²) in [4.78, 5) is 36.8. The smallest absolute Gasteiger partial charge is 0.311 e. The van der Waals surface area contributed by atoms with Crippen molar-refractivity contribution in [1.29, 1.82) is 0 Å². The molecule has 1 saturated heterocycles. The van der Waals surface area contributed by atoms with Crippen molar-refractivity contribution >= 4 is 29.2 Å². The average Bonchev–Trinajstić information content (AvgIpc) is 2.89. The molecule has 1 N–H and O–H groups in total. The van der Waals surface area contributed by atoms with Gasteiger partial charge in [0, 0.05) is 30.8 Å². The van der Waals surface area contributed by atoms with Crippen molar-refractivity contribution in [2.45, 2.75) is 26.2 Å². The summed E-state index contributed by atoms with van der Waals surface area (Å²) in [6.45, 7) is 2.24. The molecule has 1 fully saturated rings. The first-order valence-electron chi connectivity index (χ1n) is 7.33. The molecule has 0 unspecified atom stereocenters. The summed E-state index contributed by atoms with van der Waals surface area (Å²) in [5.74, 6) is -0.980. The van der Waals surface area contributed by atoms with E-state index in [1.54, 1.807) is 29.2 Å². The first-order chi connectivity index (χ1) is 10.5. The molecule has 1 aliphatic rings. The van der Waals surface area contributed by atoms with E-state index in [4.69, 9.17) is 4.74 Å². The molecule has 2 rings (SSSR count). The van der Waals surface area contributed by atoms with Crippen LogP contribution in [0.2, 0.25) is 0 Å². The number of esters is 1. The second-order valence-electron chi connectivity index (χ2n) is 5.28. The van der Waals surface area contributed by atoms with Gasteiger partial charge in [0.15, 0.2) is 0 Å². The van der Waals surface area contributed by atoms with Crippen molar-refractivity contribution in [3.05, 3.63) is 24.3 Å². The Hall–Kier alpha value is -2.37. The van der Waals surface area contributed by atoms with Crippen LogP contribution in [0.5, 0.6) is 0 Å². The molecule has 1 heterocycles. The normalized spacial score (nSPS) is 17.5. The summed E-state index contributed by atoms with van der Waals surface area (Å²) in [5.41, 5.74) is 1.32. The minimum Gasteiger partial charge on any atom is -0.469 e. The molecule has 6 heteroatoms. The van der Waals surface area contributed by atoms with Gasteiger partial charge in [0.2, 0.25) is 11.8 Å². The van der Waals surface area contributed by atoms with Gasteiger partial charge in [-0.15, -0.1) is 0 Å². The highest BCUT2D eigenvalue weighted by Crippen LogP contribution is 2.27. The zero-order chi connectivity index (χ0) is 16.1. The van der Waals surface area contributed by atoms with E-state index in [9.17, 15) is 14.4 Å². The van der Waals surface area contributed by atoms with E-state index in [2.05, 4.69) is 5.32 Å².